The number of halogens is 2. The van der Waals surface area contributed by atoms with E-state index in [1.807, 2.05) is 36.9 Å². The van der Waals surface area contributed by atoms with Crippen molar-refractivity contribution in [3.05, 3.63) is 52.0 Å². The Balaban J connectivity index is 1.62. The summed E-state index contributed by atoms with van der Waals surface area (Å²) in [5.41, 5.74) is 1.20. The summed E-state index contributed by atoms with van der Waals surface area (Å²) in [4.78, 5) is 4.02. The average Bonchev–Trinajstić information content (AvgIpc) is 2.90. The quantitative estimate of drug-likeness (QED) is 0.774. The topological polar surface area (TPSA) is 29.9 Å². The summed E-state index contributed by atoms with van der Waals surface area (Å²) in [5.74, 6) is 0. The van der Waals surface area contributed by atoms with Crippen molar-refractivity contribution in [2.45, 2.75) is 25.9 Å². The lowest BCUT2D eigenvalue weighted by molar-refractivity contribution is 0.568. The van der Waals surface area contributed by atoms with E-state index in [0.717, 1.165) is 42.0 Å². The van der Waals surface area contributed by atoms with Gasteiger partial charge in [0.1, 0.15) is 0 Å². The van der Waals surface area contributed by atoms with Crippen LogP contribution in [0.3, 0.4) is 0 Å². The van der Waals surface area contributed by atoms with Crippen LogP contribution in [0.25, 0.3) is 0 Å². The smallest absolute Gasteiger partial charge is 0.0945 e. The zero-order chi connectivity index (χ0) is 13.5. The molecule has 0 bridgehead atoms. The Labute approximate surface area is 127 Å². The molecule has 0 aliphatic carbocycles. The van der Waals surface area contributed by atoms with Gasteiger partial charge in [0.05, 0.1) is 6.33 Å². The number of unbranched alkanes of at least 4 members (excludes halogenated alkanes) is 1. The molecule has 0 aliphatic heterocycles. The summed E-state index contributed by atoms with van der Waals surface area (Å²) >= 11 is 9.51. The van der Waals surface area contributed by atoms with Gasteiger partial charge < -0.3 is 9.88 Å². The van der Waals surface area contributed by atoms with Crippen LogP contribution in [0.2, 0.25) is 5.02 Å². The van der Waals surface area contributed by atoms with Crippen molar-refractivity contribution in [1.29, 1.82) is 0 Å². The zero-order valence-corrected chi connectivity index (χ0v) is 13.0. The Hall–Kier alpha value is -0.840. The Morgan fingerprint density at radius 2 is 2.21 bits per heavy atom. The minimum absolute atomic E-state index is 0.778. The molecule has 102 valence electrons. The van der Waals surface area contributed by atoms with Crippen molar-refractivity contribution in [2.75, 3.05) is 6.54 Å². The van der Waals surface area contributed by atoms with E-state index in [1.165, 1.54) is 5.56 Å². The third-order valence-electron chi connectivity index (χ3n) is 2.90. The molecule has 3 nitrogen and oxygen atoms in total. The van der Waals surface area contributed by atoms with Gasteiger partial charge in [-0.15, -0.1) is 0 Å². The molecule has 1 aromatic carbocycles. The summed E-state index contributed by atoms with van der Waals surface area (Å²) in [7, 11) is 0. The van der Waals surface area contributed by atoms with Gasteiger partial charge in [-0.2, -0.15) is 0 Å². The van der Waals surface area contributed by atoms with Gasteiger partial charge in [-0.3, -0.25) is 0 Å². The molecule has 0 saturated heterocycles. The van der Waals surface area contributed by atoms with Gasteiger partial charge in [-0.25, -0.2) is 4.98 Å². The van der Waals surface area contributed by atoms with Crippen molar-refractivity contribution >= 4 is 27.5 Å². The monoisotopic (exact) mass is 341 g/mol. The van der Waals surface area contributed by atoms with Crippen molar-refractivity contribution < 1.29 is 0 Å². The molecule has 0 atom stereocenters. The molecule has 1 heterocycles. The molecule has 0 saturated carbocycles. The van der Waals surface area contributed by atoms with Crippen LogP contribution in [0.1, 0.15) is 18.4 Å². The Bertz CT molecular complexity index is 499. The second-order valence-electron chi connectivity index (χ2n) is 4.42. The van der Waals surface area contributed by atoms with Crippen molar-refractivity contribution in [3.63, 3.8) is 0 Å². The largest absolute Gasteiger partial charge is 0.337 e. The van der Waals surface area contributed by atoms with Crippen LogP contribution in [-0.4, -0.2) is 16.1 Å². The normalized spacial score (nSPS) is 10.8. The average molecular weight is 343 g/mol. The van der Waals surface area contributed by atoms with E-state index >= 15 is 0 Å². The molecular weight excluding hydrogens is 326 g/mol. The highest BCUT2D eigenvalue weighted by Crippen LogP contribution is 2.20. The number of aromatic nitrogens is 2. The fourth-order valence-corrected chi connectivity index (χ4v) is 2.45. The predicted octanol–water partition coefficient (Wildman–Crippen LogP) is 3.87. The summed E-state index contributed by atoms with van der Waals surface area (Å²) < 4.78 is 3.20. The number of benzene rings is 1. The van der Waals surface area contributed by atoms with Crippen molar-refractivity contribution in [2.24, 2.45) is 0 Å². The minimum atomic E-state index is 0.778. The molecule has 0 spiro atoms. The summed E-state index contributed by atoms with van der Waals surface area (Å²) in [6.07, 6.45) is 7.97. The molecule has 2 rings (SSSR count). The summed E-state index contributed by atoms with van der Waals surface area (Å²) in [5, 5.41) is 4.21. The molecule has 19 heavy (non-hydrogen) atoms. The minimum Gasteiger partial charge on any atom is -0.337 e. The molecule has 5 heteroatoms. The van der Waals surface area contributed by atoms with Gasteiger partial charge >= 0.3 is 0 Å². The van der Waals surface area contributed by atoms with Crippen LogP contribution in [0, 0.1) is 0 Å². The number of nitrogens with one attached hydrogen (secondary N) is 1. The number of aryl methyl sites for hydroxylation is 1. The fraction of sp³-hybridized carbons (Fsp3) is 0.357. The van der Waals surface area contributed by atoms with Crippen LogP contribution in [0.4, 0.5) is 0 Å². The maximum absolute atomic E-state index is 5.98. The molecular formula is C14H17BrClN3. The van der Waals surface area contributed by atoms with Crippen molar-refractivity contribution in [3.8, 4) is 0 Å². The number of imidazole rings is 1. The molecule has 2 aromatic rings. The number of hydrogen-bond acceptors (Lipinski definition) is 2. The van der Waals surface area contributed by atoms with E-state index in [-0.39, 0.29) is 0 Å². The zero-order valence-electron chi connectivity index (χ0n) is 10.6. The van der Waals surface area contributed by atoms with E-state index in [4.69, 9.17) is 11.6 Å². The fourth-order valence-electron chi connectivity index (χ4n) is 1.87. The van der Waals surface area contributed by atoms with E-state index in [1.54, 1.807) is 0 Å². The molecule has 0 aliphatic rings. The van der Waals surface area contributed by atoms with Crippen LogP contribution >= 0.6 is 27.5 Å². The number of rotatable bonds is 7. The molecule has 0 amide bonds. The van der Waals surface area contributed by atoms with Crippen LogP contribution in [0.15, 0.2) is 41.4 Å². The predicted molar refractivity (Wildman–Crippen MR) is 82.3 cm³/mol. The van der Waals surface area contributed by atoms with Gasteiger partial charge in [0.2, 0.25) is 0 Å². The molecule has 0 fully saturated rings. The Morgan fingerprint density at radius 1 is 1.32 bits per heavy atom. The Morgan fingerprint density at radius 3 is 3.00 bits per heavy atom. The van der Waals surface area contributed by atoms with Gasteiger partial charge in [0.25, 0.3) is 0 Å². The maximum atomic E-state index is 5.98. The lowest BCUT2D eigenvalue weighted by atomic mass is 10.2. The van der Waals surface area contributed by atoms with Gasteiger partial charge in [0.15, 0.2) is 0 Å². The first-order chi connectivity index (χ1) is 9.25. The third-order valence-corrected chi connectivity index (χ3v) is 3.91. The van der Waals surface area contributed by atoms with Gasteiger partial charge in [-0.1, -0.05) is 27.5 Å². The van der Waals surface area contributed by atoms with E-state index in [9.17, 15) is 0 Å². The van der Waals surface area contributed by atoms with Gasteiger partial charge in [-0.05, 0) is 43.1 Å². The van der Waals surface area contributed by atoms with Crippen LogP contribution < -0.4 is 5.32 Å². The van der Waals surface area contributed by atoms with Crippen LogP contribution in [-0.2, 0) is 13.1 Å². The SMILES string of the molecule is Clc1ccc(Br)c(CNCCCCn2ccnc2)c1. The molecule has 0 unspecified atom stereocenters. The van der Waals surface area contributed by atoms with Crippen LogP contribution in [0.5, 0.6) is 0 Å². The van der Waals surface area contributed by atoms with E-state index < -0.39 is 0 Å². The lowest BCUT2D eigenvalue weighted by Gasteiger charge is -2.07. The first kappa shape index (κ1) is 14.6. The first-order valence-electron chi connectivity index (χ1n) is 6.36. The Kier molecular flexibility index (Phi) is 5.89. The molecule has 0 radical (unpaired) electrons. The van der Waals surface area contributed by atoms with E-state index in [0.29, 0.717) is 0 Å². The lowest BCUT2D eigenvalue weighted by Crippen LogP contribution is -2.15. The van der Waals surface area contributed by atoms with E-state index in [2.05, 4.69) is 30.8 Å². The first-order valence-corrected chi connectivity index (χ1v) is 7.53. The highest BCUT2D eigenvalue weighted by molar-refractivity contribution is 9.10. The summed E-state index contributed by atoms with van der Waals surface area (Å²) in [6, 6.07) is 5.86. The number of nitrogens with zero attached hydrogens (tertiary/aromatic N) is 2. The highest BCUT2D eigenvalue weighted by Gasteiger charge is 2.00. The molecule has 1 aromatic heterocycles. The second-order valence-corrected chi connectivity index (χ2v) is 5.71. The maximum Gasteiger partial charge on any atom is 0.0945 e. The molecule has 1 N–H and O–H groups in total. The van der Waals surface area contributed by atoms with Gasteiger partial charge in [0, 0.05) is 35.0 Å². The highest BCUT2D eigenvalue weighted by atomic mass is 79.9. The summed E-state index contributed by atoms with van der Waals surface area (Å²) in [6.45, 7) is 2.88. The number of hydrogen-bond donors (Lipinski definition) is 1. The van der Waals surface area contributed by atoms with Crippen molar-refractivity contribution in [1.82, 2.24) is 14.9 Å². The standard InChI is InChI=1S/C14H17BrClN3/c15-14-4-3-13(16)9-12(14)10-17-5-1-2-7-19-8-6-18-11-19/h3-4,6,8-9,11,17H,1-2,5,7,10H2. The second kappa shape index (κ2) is 7.68. The third kappa shape index (κ3) is 4.97.